The van der Waals surface area contributed by atoms with Crippen molar-refractivity contribution in [3.8, 4) is 44.8 Å². The quantitative estimate of drug-likeness (QED) is 0.145. The van der Waals surface area contributed by atoms with Crippen LogP contribution in [0.4, 0.5) is 0 Å². The summed E-state index contributed by atoms with van der Waals surface area (Å²) in [6, 6.07) is 35.5. The van der Waals surface area contributed by atoms with E-state index >= 15 is 0 Å². The Morgan fingerprint density at radius 2 is 1.05 bits per heavy atom. The van der Waals surface area contributed by atoms with Gasteiger partial charge in [0.15, 0.2) is 12.4 Å². The molecule has 6 aromatic rings. The first-order valence-electron chi connectivity index (χ1n) is 20.9. The molecule has 0 amide bonds. The lowest BCUT2D eigenvalue weighted by Gasteiger charge is -2.30. The molecule has 280 valence electrons. The highest BCUT2D eigenvalue weighted by Gasteiger charge is 2.28. The highest BCUT2D eigenvalue weighted by molar-refractivity contribution is 5.78. The molecule has 8 rings (SSSR count). The molecule has 2 aliphatic carbocycles. The molecule has 0 spiro atoms. The van der Waals surface area contributed by atoms with Crippen molar-refractivity contribution < 1.29 is 9.13 Å². The van der Waals surface area contributed by atoms with Gasteiger partial charge in [-0.2, -0.15) is 0 Å². The Morgan fingerprint density at radius 1 is 0.436 bits per heavy atom. The third kappa shape index (κ3) is 7.33. The number of hydrogen-bond acceptors (Lipinski definition) is 0. The van der Waals surface area contributed by atoms with E-state index < -0.39 is 0 Å². The van der Waals surface area contributed by atoms with Crippen molar-refractivity contribution in [2.75, 3.05) is 0 Å². The Balaban J connectivity index is 1.09. The highest BCUT2D eigenvalue weighted by atomic mass is 14.9. The Hall–Kier alpha value is -4.82. The van der Waals surface area contributed by atoms with Crippen molar-refractivity contribution in [2.24, 2.45) is 14.1 Å². The molecule has 0 aliphatic heterocycles. The van der Waals surface area contributed by atoms with E-state index in [9.17, 15) is 0 Å². The van der Waals surface area contributed by atoms with Gasteiger partial charge in [-0.15, -0.1) is 0 Å². The summed E-state index contributed by atoms with van der Waals surface area (Å²) in [6.07, 6.45) is 15.0. The molecule has 0 radical (unpaired) electrons. The zero-order valence-electron chi connectivity index (χ0n) is 34.6. The fourth-order valence-corrected chi connectivity index (χ4v) is 10.2. The fraction of sp³-hybridized carbons (Fsp3) is 0.358. The third-order valence-corrected chi connectivity index (χ3v) is 13.5. The van der Waals surface area contributed by atoms with Gasteiger partial charge in [0.25, 0.3) is 0 Å². The van der Waals surface area contributed by atoms with Gasteiger partial charge in [-0.05, 0) is 170 Å². The van der Waals surface area contributed by atoms with Crippen molar-refractivity contribution in [3.05, 3.63) is 153 Å². The van der Waals surface area contributed by atoms with Gasteiger partial charge in [-0.1, -0.05) is 79.9 Å². The maximum absolute atomic E-state index is 2.54. The SMILES string of the molecule is Cc1ccc(C2CCCC(c3cc[n+](C)c(-c4cc(-c5ccccc5C)c(C)cc4C)c3)C2)cc1-c1ccc(C)c(-c2cc(C3CCCC3)c(C)c[n+]2C)c1. The first kappa shape index (κ1) is 37.1. The molecule has 2 saturated carbocycles. The monoisotopic (exact) mass is 724 g/mol. The molecule has 2 atom stereocenters. The van der Waals surface area contributed by atoms with Gasteiger partial charge in [0.05, 0.1) is 0 Å². The number of pyridine rings is 2. The number of nitrogens with zero attached hydrogens (tertiary/aromatic N) is 2. The maximum atomic E-state index is 2.54. The smallest absolute Gasteiger partial charge is 0.201 e. The van der Waals surface area contributed by atoms with E-state index in [1.165, 1.54) is 141 Å². The molecule has 2 aliphatic rings. The Bertz CT molecular complexity index is 2390. The lowest BCUT2D eigenvalue weighted by Crippen LogP contribution is -2.32. The molecule has 2 heterocycles. The number of aromatic nitrogens is 2. The van der Waals surface area contributed by atoms with E-state index in [2.05, 4.69) is 168 Å². The molecule has 2 unspecified atom stereocenters. The van der Waals surface area contributed by atoms with Crippen molar-refractivity contribution in [3.63, 3.8) is 0 Å². The maximum Gasteiger partial charge on any atom is 0.212 e. The molecule has 2 fully saturated rings. The van der Waals surface area contributed by atoms with Crippen LogP contribution in [0, 0.1) is 41.5 Å². The molecule has 0 saturated heterocycles. The molecule has 2 nitrogen and oxygen atoms in total. The van der Waals surface area contributed by atoms with Crippen LogP contribution in [0.5, 0.6) is 0 Å². The lowest BCUT2D eigenvalue weighted by molar-refractivity contribution is -0.660. The summed E-state index contributed by atoms with van der Waals surface area (Å²) >= 11 is 0. The minimum atomic E-state index is 0.548. The Kier molecular flexibility index (Phi) is 10.4. The molecule has 2 heteroatoms. The van der Waals surface area contributed by atoms with Gasteiger partial charge < -0.3 is 0 Å². The van der Waals surface area contributed by atoms with Gasteiger partial charge in [-0.25, -0.2) is 9.13 Å². The lowest BCUT2D eigenvalue weighted by atomic mass is 9.74. The molecule has 2 aromatic heterocycles. The molecule has 55 heavy (non-hydrogen) atoms. The van der Waals surface area contributed by atoms with Crippen LogP contribution < -0.4 is 9.13 Å². The van der Waals surface area contributed by atoms with Crippen LogP contribution in [-0.2, 0) is 14.1 Å². The van der Waals surface area contributed by atoms with E-state index in [0.717, 1.165) is 0 Å². The topological polar surface area (TPSA) is 7.76 Å². The summed E-state index contributed by atoms with van der Waals surface area (Å²) in [5.74, 6) is 1.81. The summed E-state index contributed by atoms with van der Waals surface area (Å²) in [5.41, 5.74) is 23.3. The second-order valence-electron chi connectivity index (χ2n) is 17.3. The van der Waals surface area contributed by atoms with Gasteiger partial charge in [0.2, 0.25) is 11.4 Å². The minimum Gasteiger partial charge on any atom is -0.201 e. The van der Waals surface area contributed by atoms with Crippen molar-refractivity contribution in [2.45, 2.75) is 111 Å². The first-order chi connectivity index (χ1) is 26.5. The predicted molar refractivity (Wildman–Crippen MR) is 231 cm³/mol. The number of benzene rings is 4. The molecular weight excluding hydrogens is 665 g/mol. The summed E-state index contributed by atoms with van der Waals surface area (Å²) in [4.78, 5) is 0. The van der Waals surface area contributed by atoms with E-state index in [0.29, 0.717) is 17.8 Å². The fourth-order valence-electron chi connectivity index (χ4n) is 10.2. The second-order valence-corrected chi connectivity index (χ2v) is 17.3. The zero-order valence-corrected chi connectivity index (χ0v) is 34.6. The molecular formula is C53H60N2+2. The van der Waals surface area contributed by atoms with Gasteiger partial charge in [0, 0.05) is 34.9 Å². The summed E-state index contributed by atoms with van der Waals surface area (Å²) in [7, 11) is 4.42. The van der Waals surface area contributed by atoms with Crippen LogP contribution in [0.2, 0.25) is 0 Å². The van der Waals surface area contributed by atoms with Crippen molar-refractivity contribution in [1.82, 2.24) is 0 Å². The predicted octanol–water partition coefficient (Wildman–Crippen LogP) is 13.0. The van der Waals surface area contributed by atoms with E-state index in [4.69, 9.17) is 0 Å². The summed E-state index contributed by atoms with van der Waals surface area (Å²) in [5, 5.41) is 0. The highest BCUT2D eigenvalue weighted by Crippen LogP contribution is 2.44. The number of hydrogen-bond donors (Lipinski definition) is 0. The average molecular weight is 725 g/mol. The number of aryl methyl sites for hydroxylation is 8. The van der Waals surface area contributed by atoms with Crippen LogP contribution in [0.3, 0.4) is 0 Å². The second kappa shape index (κ2) is 15.4. The van der Waals surface area contributed by atoms with Gasteiger partial charge >= 0.3 is 0 Å². The normalized spacial score (nSPS) is 17.5. The van der Waals surface area contributed by atoms with Crippen LogP contribution >= 0.6 is 0 Å². The van der Waals surface area contributed by atoms with E-state index in [-0.39, 0.29) is 0 Å². The summed E-state index contributed by atoms with van der Waals surface area (Å²) in [6.45, 7) is 13.6. The zero-order chi connectivity index (χ0) is 38.4. The van der Waals surface area contributed by atoms with Gasteiger partial charge in [0.1, 0.15) is 14.1 Å². The summed E-state index contributed by atoms with van der Waals surface area (Å²) < 4.78 is 4.67. The van der Waals surface area contributed by atoms with Crippen molar-refractivity contribution in [1.29, 1.82) is 0 Å². The molecule has 0 N–H and O–H groups in total. The minimum absolute atomic E-state index is 0.548. The van der Waals surface area contributed by atoms with Crippen LogP contribution in [0.15, 0.2) is 103 Å². The number of rotatable bonds is 7. The van der Waals surface area contributed by atoms with Crippen LogP contribution in [-0.4, -0.2) is 0 Å². The van der Waals surface area contributed by atoms with Crippen LogP contribution in [0.1, 0.15) is 119 Å². The van der Waals surface area contributed by atoms with E-state index in [1.54, 1.807) is 5.56 Å². The molecule has 0 bridgehead atoms. The van der Waals surface area contributed by atoms with Crippen molar-refractivity contribution >= 4 is 0 Å². The van der Waals surface area contributed by atoms with Crippen LogP contribution in [0.25, 0.3) is 44.8 Å². The Labute approximate surface area is 330 Å². The third-order valence-electron chi connectivity index (χ3n) is 13.5. The van der Waals surface area contributed by atoms with Gasteiger partial charge in [-0.3, -0.25) is 0 Å². The average Bonchev–Trinajstić information content (AvgIpc) is 3.72. The largest absolute Gasteiger partial charge is 0.212 e. The molecule has 4 aromatic carbocycles. The Morgan fingerprint density at radius 3 is 1.82 bits per heavy atom. The van der Waals surface area contributed by atoms with E-state index in [1.807, 2.05) is 0 Å². The first-order valence-corrected chi connectivity index (χ1v) is 20.9. The standard InChI is InChI=1S/C53H60N2/c1-34-14-9-12-19-46(34)49-31-51(38(5)26-37(49)4)52-30-44(24-25-54(52)7)42-18-13-17-41(27-42)43-22-20-35(2)47(28-43)45-23-21-36(3)50(29-45)53-32-48(39(6)33-55(53)8)40-15-10-11-16-40/h9,12,14,19-26,28-33,40-42H,10-11,13,15-18,27H2,1-8H3/q+2.